The number of thiazole rings is 1. The Hall–Kier alpha value is -0.520. The SMILES string of the molecule is Cc1nc(C(=O)Cc2sccc2Br)cs1. The third-order valence-corrected chi connectivity index (χ3v) is 4.62. The molecule has 0 bridgehead atoms. The van der Waals surface area contributed by atoms with Crippen LogP contribution in [0.4, 0.5) is 0 Å². The van der Waals surface area contributed by atoms with Crippen LogP contribution in [0, 0.1) is 6.92 Å². The average Bonchev–Trinajstić information content (AvgIpc) is 2.77. The Bertz CT molecular complexity index is 489. The first-order chi connectivity index (χ1) is 7.16. The standard InChI is InChI=1S/C10H8BrNOS2/c1-6-12-8(5-15-6)9(13)4-10-7(11)2-3-14-10/h2-3,5H,4H2,1H3. The molecule has 2 aromatic rings. The predicted octanol–water partition coefficient (Wildman–Crippen LogP) is 3.70. The van der Waals surface area contributed by atoms with Crippen LogP contribution < -0.4 is 0 Å². The van der Waals surface area contributed by atoms with Crippen LogP contribution in [-0.4, -0.2) is 10.8 Å². The van der Waals surface area contributed by atoms with Crippen molar-refractivity contribution in [2.24, 2.45) is 0 Å². The molecule has 0 aliphatic carbocycles. The summed E-state index contributed by atoms with van der Waals surface area (Å²) >= 11 is 6.51. The smallest absolute Gasteiger partial charge is 0.187 e. The highest BCUT2D eigenvalue weighted by molar-refractivity contribution is 9.10. The molecule has 78 valence electrons. The Morgan fingerprint density at radius 3 is 2.87 bits per heavy atom. The number of aryl methyl sites for hydroxylation is 1. The average molecular weight is 302 g/mol. The second kappa shape index (κ2) is 4.55. The molecule has 2 rings (SSSR count). The maximum Gasteiger partial charge on any atom is 0.187 e. The van der Waals surface area contributed by atoms with E-state index in [1.807, 2.05) is 23.8 Å². The molecular weight excluding hydrogens is 294 g/mol. The van der Waals surface area contributed by atoms with Crippen molar-refractivity contribution in [1.82, 2.24) is 4.98 Å². The van der Waals surface area contributed by atoms with Gasteiger partial charge >= 0.3 is 0 Å². The van der Waals surface area contributed by atoms with Crippen molar-refractivity contribution in [3.8, 4) is 0 Å². The molecule has 15 heavy (non-hydrogen) atoms. The Labute approximate surface area is 104 Å². The van der Waals surface area contributed by atoms with E-state index >= 15 is 0 Å². The molecule has 0 spiro atoms. The van der Waals surface area contributed by atoms with E-state index in [2.05, 4.69) is 20.9 Å². The van der Waals surface area contributed by atoms with Crippen molar-refractivity contribution in [1.29, 1.82) is 0 Å². The molecular formula is C10H8BrNOS2. The normalized spacial score (nSPS) is 10.5. The fourth-order valence-corrected chi connectivity index (χ4v) is 3.29. The molecule has 0 aliphatic heterocycles. The monoisotopic (exact) mass is 301 g/mol. The Balaban J connectivity index is 2.14. The van der Waals surface area contributed by atoms with E-state index in [4.69, 9.17) is 0 Å². The molecule has 0 fully saturated rings. The molecule has 0 atom stereocenters. The molecule has 2 nitrogen and oxygen atoms in total. The second-order valence-electron chi connectivity index (χ2n) is 3.04. The quantitative estimate of drug-likeness (QED) is 0.809. The minimum Gasteiger partial charge on any atom is -0.292 e. The van der Waals surface area contributed by atoms with Crippen LogP contribution in [0.1, 0.15) is 20.4 Å². The topological polar surface area (TPSA) is 30.0 Å². The minimum atomic E-state index is 0.0856. The van der Waals surface area contributed by atoms with Crippen LogP contribution >= 0.6 is 38.6 Å². The van der Waals surface area contributed by atoms with Crippen molar-refractivity contribution in [2.75, 3.05) is 0 Å². The van der Waals surface area contributed by atoms with Gasteiger partial charge in [0.05, 0.1) is 5.01 Å². The first kappa shape index (κ1) is 11.0. The molecule has 0 radical (unpaired) electrons. The van der Waals surface area contributed by atoms with E-state index in [0.717, 1.165) is 14.4 Å². The number of halogens is 1. The lowest BCUT2D eigenvalue weighted by Crippen LogP contribution is -2.02. The predicted molar refractivity (Wildman–Crippen MR) is 66.9 cm³/mol. The van der Waals surface area contributed by atoms with Gasteiger partial charge in [-0.1, -0.05) is 0 Å². The van der Waals surface area contributed by atoms with Crippen molar-refractivity contribution in [3.05, 3.63) is 36.9 Å². The van der Waals surface area contributed by atoms with E-state index in [1.165, 1.54) is 11.3 Å². The molecule has 0 unspecified atom stereocenters. The Morgan fingerprint density at radius 2 is 2.33 bits per heavy atom. The summed E-state index contributed by atoms with van der Waals surface area (Å²) < 4.78 is 1.01. The van der Waals surface area contributed by atoms with E-state index in [9.17, 15) is 4.79 Å². The number of carbonyl (C=O) groups excluding carboxylic acids is 1. The largest absolute Gasteiger partial charge is 0.292 e. The van der Waals surface area contributed by atoms with Gasteiger partial charge in [-0.2, -0.15) is 0 Å². The van der Waals surface area contributed by atoms with Crippen molar-refractivity contribution < 1.29 is 4.79 Å². The van der Waals surface area contributed by atoms with Crippen LogP contribution in [-0.2, 0) is 6.42 Å². The zero-order chi connectivity index (χ0) is 10.8. The van der Waals surface area contributed by atoms with Gasteiger partial charge in [-0.15, -0.1) is 22.7 Å². The molecule has 0 amide bonds. The van der Waals surface area contributed by atoms with Gasteiger partial charge in [0.1, 0.15) is 5.69 Å². The van der Waals surface area contributed by atoms with Gasteiger partial charge in [0.2, 0.25) is 0 Å². The minimum absolute atomic E-state index is 0.0856. The summed E-state index contributed by atoms with van der Waals surface area (Å²) in [6, 6.07) is 1.96. The molecule has 0 aliphatic rings. The number of hydrogen-bond donors (Lipinski definition) is 0. The van der Waals surface area contributed by atoms with Crippen LogP contribution in [0.3, 0.4) is 0 Å². The van der Waals surface area contributed by atoms with Gasteiger partial charge in [-0.05, 0) is 34.3 Å². The van der Waals surface area contributed by atoms with Crippen molar-refractivity contribution in [3.63, 3.8) is 0 Å². The number of rotatable bonds is 3. The maximum absolute atomic E-state index is 11.8. The number of aromatic nitrogens is 1. The number of hydrogen-bond acceptors (Lipinski definition) is 4. The van der Waals surface area contributed by atoms with Crippen LogP contribution in [0.2, 0.25) is 0 Å². The summed E-state index contributed by atoms with van der Waals surface area (Å²) in [5.41, 5.74) is 0.581. The summed E-state index contributed by atoms with van der Waals surface area (Å²) in [5, 5.41) is 4.72. The number of carbonyl (C=O) groups is 1. The maximum atomic E-state index is 11.8. The summed E-state index contributed by atoms with van der Waals surface area (Å²) in [4.78, 5) is 17.0. The van der Waals surface area contributed by atoms with Crippen LogP contribution in [0.25, 0.3) is 0 Å². The van der Waals surface area contributed by atoms with Crippen LogP contribution in [0.15, 0.2) is 21.3 Å². The lowest BCUT2D eigenvalue weighted by molar-refractivity contribution is 0.0989. The summed E-state index contributed by atoms with van der Waals surface area (Å²) in [6.07, 6.45) is 0.432. The number of thiophene rings is 1. The number of Topliss-reactive ketones (excluding diaryl/α,β-unsaturated/α-hetero) is 1. The van der Waals surface area contributed by atoms with Gasteiger partial charge in [0, 0.05) is 21.2 Å². The molecule has 2 aromatic heterocycles. The zero-order valence-corrected chi connectivity index (χ0v) is 11.2. The summed E-state index contributed by atoms with van der Waals surface area (Å²) in [6.45, 7) is 1.91. The first-order valence-electron chi connectivity index (χ1n) is 4.34. The van der Waals surface area contributed by atoms with Gasteiger partial charge in [-0.3, -0.25) is 4.79 Å². The zero-order valence-electron chi connectivity index (χ0n) is 7.99. The summed E-state index contributed by atoms with van der Waals surface area (Å²) in [7, 11) is 0. The Morgan fingerprint density at radius 1 is 1.53 bits per heavy atom. The molecule has 0 saturated carbocycles. The fraction of sp³-hybridized carbons (Fsp3) is 0.200. The van der Waals surface area contributed by atoms with Crippen molar-refractivity contribution >= 4 is 44.4 Å². The lowest BCUT2D eigenvalue weighted by Gasteiger charge is -1.95. The van der Waals surface area contributed by atoms with E-state index in [1.54, 1.807) is 11.3 Å². The molecule has 0 aromatic carbocycles. The first-order valence-corrected chi connectivity index (χ1v) is 6.89. The molecule has 0 saturated heterocycles. The molecule has 5 heteroatoms. The Kier molecular flexibility index (Phi) is 3.33. The molecule has 2 heterocycles. The highest BCUT2D eigenvalue weighted by atomic mass is 79.9. The highest BCUT2D eigenvalue weighted by Crippen LogP contribution is 2.24. The fourth-order valence-electron chi connectivity index (χ4n) is 1.18. The number of nitrogens with zero attached hydrogens (tertiary/aromatic N) is 1. The van der Waals surface area contributed by atoms with E-state index in [-0.39, 0.29) is 5.78 Å². The molecule has 0 N–H and O–H groups in total. The lowest BCUT2D eigenvalue weighted by atomic mass is 10.2. The van der Waals surface area contributed by atoms with Gasteiger partial charge in [-0.25, -0.2) is 4.98 Å². The van der Waals surface area contributed by atoms with E-state index < -0.39 is 0 Å². The highest BCUT2D eigenvalue weighted by Gasteiger charge is 2.12. The van der Waals surface area contributed by atoms with Gasteiger partial charge in [0.25, 0.3) is 0 Å². The third kappa shape index (κ3) is 2.53. The van der Waals surface area contributed by atoms with Gasteiger partial charge in [0.15, 0.2) is 5.78 Å². The van der Waals surface area contributed by atoms with Gasteiger partial charge < -0.3 is 0 Å². The van der Waals surface area contributed by atoms with Crippen LogP contribution in [0.5, 0.6) is 0 Å². The second-order valence-corrected chi connectivity index (χ2v) is 5.96. The number of ketones is 1. The van der Waals surface area contributed by atoms with E-state index in [0.29, 0.717) is 12.1 Å². The summed E-state index contributed by atoms with van der Waals surface area (Å²) in [5.74, 6) is 0.0856. The third-order valence-electron chi connectivity index (χ3n) is 1.92. The van der Waals surface area contributed by atoms with Crippen molar-refractivity contribution in [2.45, 2.75) is 13.3 Å².